The van der Waals surface area contributed by atoms with Crippen LogP contribution in [0.25, 0.3) is 0 Å². The van der Waals surface area contributed by atoms with E-state index in [0.29, 0.717) is 10.0 Å². The van der Waals surface area contributed by atoms with E-state index in [1.165, 1.54) is 24.3 Å². The number of aliphatic carboxylic acids is 1. The van der Waals surface area contributed by atoms with Crippen molar-refractivity contribution >= 4 is 45.1 Å². The minimum absolute atomic E-state index is 0.176. The lowest BCUT2D eigenvalue weighted by Crippen LogP contribution is -2.36. The van der Waals surface area contributed by atoms with E-state index in [9.17, 15) is 15.0 Å². The van der Waals surface area contributed by atoms with Gasteiger partial charge in [-0.2, -0.15) is 0 Å². The summed E-state index contributed by atoms with van der Waals surface area (Å²) < 4.78 is 0. The Labute approximate surface area is 141 Å². The second-order valence-electron chi connectivity index (χ2n) is 4.04. The molecule has 0 fully saturated rings. The van der Waals surface area contributed by atoms with Gasteiger partial charge in [0.25, 0.3) is 0 Å². The average Bonchev–Trinajstić information content (AvgIpc) is 2.48. The number of halogens is 3. The number of carbonyl (C=O) groups is 1. The molecule has 0 aliphatic heterocycles. The maximum absolute atomic E-state index is 11.5. The number of carboxylic acid groups (broad SMARTS) is 1. The van der Waals surface area contributed by atoms with Crippen LogP contribution in [-0.2, 0) is 10.4 Å². The van der Waals surface area contributed by atoms with E-state index in [1.54, 1.807) is 24.3 Å². The van der Waals surface area contributed by atoms with Gasteiger partial charge in [-0.05, 0) is 30.1 Å². The molecule has 0 atom stereocenters. The third-order valence-electron chi connectivity index (χ3n) is 2.79. The first-order valence-electron chi connectivity index (χ1n) is 5.80. The number of alkyl halides is 1. The molecule has 21 heavy (non-hydrogen) atoms. The van der Waals surface area contributed by atoms with E-state index in [-0.39, 0.29) is 11.1 Å². The SMILES string of the molecule is CBr.O=C(O)C(O)(c1cccc(Cl)c1)c1cccc(Cl)c1. The van der Waals surface area contributed by atoms with Crippen molar-refractivity contribution in [3.63, 3.8) is 0 Å². The van der Waals surface area contributed by atoms with Crippen molar-refractivity contribution in [2.75, 3.05) is 5.83 Å². The smallest absolute Gasteiger partial charge is 0.345 e. The molecule has 2 rings (SSSR count). The van der Waals surface area contributed by atoms with Gasteiger partial charge < -0.3 is 10.2 Å². The van der Waals surface area contributed by atoms with Gasteiger partial charge in [-0.1, -0.05) is 63.4 Å². The van der Waals surface area contributed by atoms with Crippen LogP contribution in [0.2, 0.25) is 10.0 Å². The Balaban J connectivity index is 0.00000106. The molecule has 0 aromatic heterocycles. The Kier molecular flexibility index (Phi) is 6.68. The molecule has 2 aromatic rings. The summed E-state index contributed by atoms with van der Waals surface area (Å²) in [5.41, 5.74) is -1.83. The molecule has 0 heterocycles. The Bertz CT molecular complexity index is 586. The summed E-state index contributed by atoms with van der Waals surface area (Å²) >= 11 is 14.6. The zero-order valence-electron chi connectivity index (χ0n) is 11.1. The second kappa shape index (κ2) is 7.80. The van der Waals surface area contributed by atoms with Gasteiger partial charge in [-0.15, -0.1) is 0 Å². The van der Waals surface area contributed by atoms with Crippen LogP contribution >= 0.6 is 39.1 Å². The zero-order valence-corrected chi connectivity index (χ0v) is 14.2. The van der Waals surface area contributed by atoms with Gasteiger partial charge in [0, 0.05) is 21.2 Å². The van der Waals surface area contributed by atoms with E-state index in [2.05, 4.69) is 15.9 Å². The molecule has 3 nitrogen and oxygen atoms in total. The van der Waals surface area contributed by atoms with Crippen molar-refractivity contribution in [1.82, 2.24) is 0 Å². The van der Waals surface area contributed by atoms with E-state index >= 15 is 0 Å². The highest BCUT2D eigenvalue weighted by molar-refractivity contribution is 9.08. The number of carboxylic acids is 1. The predicted octanol–water partition coefficient (Wildman–Crippen LogP) is 4.33. The maximum Gasteiger partial charge on any atom is 0.345 e. The number of benzene rings is 2. The quantitative estimate of drug-likeness (QED) is 0.765. The largest absolute Gasteiger partial charge is 0.479 e. The molecule has 0 bridgehead atoms. The maximum atomic E-state index is 11.5. The summed E-state index contributed by atoms with van der Waals surface area (Å²) in [5, 5.41) is 20.6. The van der Waals surface area contributed by atoms with Crippen molar-refractivity contribution in [3.05, 3.63) is 69.7 Å². The summed E-state index contributed by atoms with van der Waals surface area (Å²) in [6.07, 6.45) is 0. The molecule has 0 aliphatic carbocycles. The molecular weight excluding hydrogens is 379 g/mol. The number of hydrogen-bond acceptors (Lipinski definition) is 2. The molecule has 6 heteroatoms. The summed E-state index contributed by atoms with van der Waals surface area (Å²) in [6, 6.07) is 12.2. The van der Waals surface area contributed by atoms with Crippen molar-refractivity contribution < 1.29 is 15.0 Å². The van der Waals surface area contributed by atoms with Gasteiger partial charge in [-0.3, -0.25) is 0 Å². The highest BCUT2D eigenvalue weighted by atomic mass is 79.9. The van der Waals surface area contributed by atoms with E-state index < -0.39 is 11.6 Å². The lowest BCUT2D eigenvalue weighted by molar-refractivity contribution is -0.155. The third kappa shape index (κ3) is 3.98. The Hall–Kier alpha value is -1.07. The van der Waals surface area contributed by atoms with Crippen molar-refractivity contribution in [1.29, 1.82) is 0 Å². The standard InChI is InChI=1S/C14H10Cl2O3.CH3Br/c15-11-5-1-3-9(7-11)14(19,13(17)18)10-4-2-6-12(16)8-10;1-2/h1-8,19H,(H,17,18);1H3. The van der Waals surface area contributed by atoms with Gasteiger partial charge in [-0.25, -0.2) is 4.79 Å². The third-order valence-corrected chi connectivity index (χ3v) is 3.26. The number of aliphatic hydroxyl groups is 1. The molecule has 0 radical (unpaired) electrons. The summed E-state index contributed by atoms with van der Waals surface area (Å²) in [6.45, 7) is 0. The second-order valence-corrected chi connectivity index (χ2v) is 4.91. The molecule has 0 spiro atoms. The normalized spacial score (nSPS) is 10.5. The first-order valence-corrected chi connectivity index (χ1v) is 8.14. The van der Waals surface area contributed by atoms with E-state index in [0.717, 1.165) is 0 Å². The molecule has 0 saturated heterocycles. The average molecular weight is 392 g/mol. The van der Waals surface area contributed by atoms with Crippen LogP contribution in [0.1, 0.15) is 11.1 Å². The van der Waals surface area contributed by atoms with Crippen molar-refractivity contribution in [2.45, 2.75) is 5.60 Å². The minimum atomic E-state index is -2.18. The molecule has 0 saturated carbocycles. The van der Waals surface area contributed by atoms with Gasteiger partial charge in [0.05, 0.1) is 0 Å². The lowest BCUT2D eigenvalue weighted by atomic mass is 9.86. The zero-order chi connectivity index (χ0) is 16.0. The van der Waals surface area contributed by atoms with Crippen LogP contribution in [-0.4, -0.2) is 22.0 Å². The molecule has 0 aliphatic rings. The first-order chi connectivity index (χ1) is 9.94. The van der Waals surface area contributed by atoms with Crippen LogP contribution in [0.5, 0.6) is 0 Å². The molecule has 0 amide bonds. The topological polar surface area (TPSA) is 57.5 Å². The number of hydrogen-bond donors (Lipinski definition) is 2. The highest BCUT2D eigenvalue weighted by Gasteiger charge is 2.40. The van der Waals surface area contributed by atoms with Gasteiger partial charge in [0.1, 0.15) is 0 Å². The molecule has 2 N–H and O–H groups in total. The van der Waals surface area contributed by atoms with E-state index in [1.807, 2.05) is 5.83 Å². The predicted molar refractivity (Wildman–Crippen MR) is 88.4 cm³/mol. The van der Waals surface area contributed by atoms with E-state index in [4.69, 9.17) is 23.2 Å². The fourth-order valence-corrected chi connectivity index (χ4v) is 2.22. The molecule has 0 unspecified atom stereocenters. The van der Waals surface area contributed by atoms with Crippen LogP contribution in [0.3, 0.4) is 0 Å². The lowest BCUT2D eigenvalue weighted by Gasteiger charge is -2.24. The van der Waals surface area contributed by atoms with Crippen LogP contribution in [0.15, 0.2) is 48.5 Å². The Morgan fingerprint density at radius 1 is 1.00 bits per heavy atom. The van der Waals surface area contributed by atoms with Crippen LogP contribution in [0, 0.1) is 0 Å². The summed E-state index contributed by atoms with van der Waals surface area (Å²) in [5.74, 6) is 0.421. The summed E-state index contributed by atoms with van der Waals surface area (Å²) in [4.78, 5) is 11.5. The first kappa shape index (κ1) is 18.0. The number of rotatable bonds is 3. The fraction of sp³-hybridized carbons (Fsp3) is 0.133. The van der Waals surface area contributed by atoms with Gasteiger partial charge in [0.15, 0.2) is 0 Å². The molecule has 2 aromatic carbocycles. The van der Waals surface area contributed by atoms with Gasteiger partial charge in [0.2, 0.25) is 5.60 Å². The summed E-state index contributed by atoms with van der Waals surface area (Å²) in [7, 11) is 0. The Morgan fingerprint density at radius 3 is 1.67 bits per heavy atom. The highest BCUT2D eigenvalue weighted by Crippen LogP contribution is 2.32. The Morgan fingerprint density at radius 2 is 1.38 bits per heavy atom. The minimum Gasteiger partial charge on any atom is -0.479 e. The van der Waals surface area contributed by atoms with Crippen molar-refractivity contribution in [3.8, 4) is 0 Å². The molecule has 112 valence electrons. The van der Waals surface area contributed by atoms with Gasteiger partial charge >= 0.3 is 5.97 Å². The molecular formula is C15H13BrCl2O3. The van der Waals surface area contributed by atoms with Crippen LogP contribution in [0.4, 0.5) is 0 Å². The van der Waals surface area contributed by atoms with Crippen molar-refractivity contribution in [2.24, 2.45) is 0 Å². The fourth-order valence-electron chi connectivity index (χ4n) is 1.84. The van der Waals surface area contributed by atoms with Crippen LogP contribution < -0.4 is 0 Å². The monoisotopic (exact) mass is 390 g/mol.